The van der Waals surface area contributed by atoms with Crippen molar-refractivity contribution in [2.75, 3.05) is 0 Å². The molecule has 0 aliphatic carbocycles. The molecule has 2 N–H and O–H groups in total. The van der Waals surface area contributed by atoms with Gasteiger partial charge in [-0.05, 0) is 43.2 Å². The zero-order chi connectivity index (χ0) is 20.0. The van der Waals surface area contributed by atoms with Gasteiger partial charge >= 0.3 is 6.18 Å². The van der Waals surface area contributed by atoms with E-state index in [-0.39, 0.29) is 11.6 Å². The molecule has 8 nitrogen and oxygen atoms in total. The van der Waals surface area contributed by atoms with Crippen LogP contribution < -0.4 is 5.14 Å². The summed E-state index contributed by atoms with van der Waals surface area (Å²) in [6.45, 7) is 3.67. The molecule has 12 heteroatoms. The molecule has 3 aromatic rings. The highest BCUT2D eigenvalue weighted by Crippen LogP contribution is 2.30. The Balaban J connectivity index is 2.19. The quantitative estimate of drug-likeness (QED) is 0.721. The van der Waals surface area contributed by atoms with Gasteiger partial charge in [0.25, 0.3) is 15.8 Å². The number of hydrogen-bond donors (Lipinski definition) is 1. The molecule has 0 bridgehead atoms. The molecule has 1 aromatic carbocycles. The zero-order valence-corrected chi connectivity index (χ0v) is 14.9. The number of alkyl halides is 3. The highest BCUT2D eigenvalue weighted by molar-refractivity contribution is 7.89. The number of rotatable bonds is 3. The van der Waals surface area contributed by atoms with Gasteiger partial charge in [0.15, 0.2) is 16.7 Å². The first kappa shape index (κ1) is 18.9. The molecule has 142 valence electrons. The second-order valence-electron chi connectivity index (χ2n) is 5.74. The van der Waals surface area contributed by atoms with Crippen molar-refractivity contribution in [2.45, 2.75) is 25.0 Å². The highest BCUT2D eigenvalue weighted by atomic mass is 32.2. The summed E-state index contributed by atoms with van der Waals surface area (Å²) in [6, 6.07) is 7.19. The van der Waals surface area contributed by atoms with Crippen molar-refractivity contribution in [1.82, 2.24) is 25.0 Å². The lowest BCUT2D eigenvalue weighted by Gasteiger charge is -2.07. The molecule has 0 amide bonds. The van der Waals surface area contributed by atoms with Gasteiger partial charge in [0.1, 0.15) is 0 Å². The van der Waals surface area contributed by atoms with E-state index < -0.39 is 27.0 Å². The number of nitrogens with two attached hydrogens (primary N) is 1. The Bertz CT molecular complexity index is 1110. The van der Waals surface area contributed by atoms with Crippen LogP contribution in [-0.4, -0.2) is 33.4 Å². The molecule has 0 fully saturated rings. The van der Waals surface area contributed by atoms with Gasteiger partial charge in [0.2, 0.25) is 0 Å². The van der Waals surface area contributed by atoms with E-state index >= 15 is 0 Å². The van der Waals surface area contributed by atoms with Crippen molar-refractivity contribution < 1.29 is 21.6 Å². The fourth-order valence-electron chi connectivity index (χ4n) is 2.24. The van der Waals surface area contributed by atoms with Crippen LogP contribution in [0.4, 0.5) is 13.2 Å². The Kier molecular flexibility index (Phi) is 4.48. The van der Waals surface area contributed by atoms with Gasteiger partial charge in [-0.25, -0.2) is 18.5 Å². The van der Waals surface area contributed by atoms with E-state index in [2.05, 4.69) is 20.3 Å². The van der Waals surface area contributed by atoms with Crippen LogP contribution in [0.25, 0.3) is 17.2 Å². The van der Waals surface area contributed by atoms with Gasteiger partial charge in [0.05, 0.1) is 0 Å². The molecule has 0 aliphatic heterocycles. The highest BCUT2D eigenvalue weighted by Gasteiger charge is 2.37. The SMILES string of the molecule is Cc1ccc(-c2nc(C(F)(F)F)nn2-c2ccc(S(N)(=O)=O)nn2)cc1C. The first-order valence-corrected chi connectivity index (χ1v) is 9.00. The molecule has 2 aromatic heterocycles. The predicted molar refractivity (Wildman–Crippen MR) is 88.2 cm³/mol. The third kappa shape index (κ3) is 3.80. The smallest absolute Gasteiger partial charge is 0.223 e. The molecule has 0 unspecified atom stereocenters. The summed E-state index contributed by atoms with van der Waals surface area (Å²) in [4.78, 5) is 3.59. The van der Waals surface area contributed by atoms with Crippen molar-refractivity contribution in [1.29, 1.82) is 0 Å². The Labute approximate surface area is 151 Å². The average Bonchev–Trinajstić information content (AvgIpc) is 3.02. The number of nitrogens with zero attached hydrogens (tertiary/aromatic N) is 5. The van der Waals surface area contributed by atoms with E-state index in [1.165, 1.54) is 0 Å². The van der Waals surface area contributed by atoms with Crippen molar-refractivity contribution in [3.8, 4) is 17.2 Å². The Morgan fingerprint density at radius 3 is 2.26 bits per heavy atom. The minimum Gasteiger partial charge on any atom is -0.223 e. The number of primary sulfonamides is 1. The molecule has 27 heavy (non-hydrogen) atoms. The molecule has 0 spiro atoms. The van der Waals surface area contributed by atoms with Crippen molar-refractivity contribution in [3.05, 3.63) is 47.3 Å². The average molecular weight is 398 g/mol. The molecule has 3 rings (SSSR count). The van der Waals surface area contributed by atoms with Crippen molar-refractivity contribution in [2.24, 2.45) is 5.14 Å². The molecular weight excluding hydrogens is 385 g/mol. The molecule has 2 heterocycles. The maximum atomic E-state index is 13.1. The van der Waals surface area contributed by atoms with Gasteiger partial charge < -0.3 is 0 Å². The Morgan fingerprint density at radius 2 is 1.74 bits per heavy atom. The van der Waals surface area contributed by atoms with Crippen LogP contribution in [-0.2, 0) is 16.2 Å². The van der Waals surface area contributed by atoms with Gasteiger partial charge in [-0.3, -0.25) is 0 Å². The first-order chi connectivity index (χ1) is 12.5. The topological polar surface area (TPSA) is 117 Å². The summed E-state index contributed by atoms with van der Waals surface area (Å²) in [5.74, 6) is -1.60. The fraction of sp³-hybridized carbons (Fsp3) is 0.200. The van der Waals surface area contributed by atoms with E-state index in [0.29, 0.717) is 5.56 Å². The monoisotopic (exact) mass is 398 g/mol. The van der Waals surface area contributed by atoms with Gasteiger partial charge in [0, 0.05) is 5.56 Å². The lowest BCUT2D eigenvalue weighted by molar-refractivity contribution is -0.144. The Hall–Kier alpha value is -2.86. The molecule has 0 radical (unpaired) electrons. The molecule has 0 aliphatic rings. The van der Waals surface area contributed by atoms with E-state index in [0.717, 1.165) is 27.9 Å². The lowest BCUT2D eigenvalue weighted by atomic mass is 10.1. The number of benzene rings is 1. The summed E-state index contributed by atoms with van der Waals surface area (Å²) in [5.41, 5.74) is 2.20. The standard InChI is InChI=1S/C15H13F3N6O2S/c1-8-3-4-10(7-9(8)2)13-20-14(15(16,17)18)23-24(13)11-5-6-12(22-21-11)27(19,25)26/h3-7H,1-2H3,(H2,19,25,26). The number of halogens is 3. The summed E-state index contributed by atoms with van der Waals surface area (Å²) >= 11 is 0. The number of aryl methyl sites for hydroxylation is 2. The Morgan fingerprint density at radius 1 is 1.04 bits per heavy atom. The summed E-state index contributed by atoms with van der Waals surface area (Å²) in [7, 11) is -4.09. The second-order valence-corrected chi connectivity index (χ2v) is 7.25. The van der Waals surface area contributed by atoms with Crippen LogP contribution in [0.5, 0.6) is 0 Å². The number of hydrogen-bond acceptors (Lipinski definition) is 6. The fourth-order valence-corrected chi connectivity index (χ4v) is 2.65. The molecule has 0 saturated heterocycles. The number of sulfonamides is 1. The zero-order valence-electron chi connectivity index (χ0n) is 14.1. The van der Waals surface area contributed by atoms with Crippen LogP contribution in [0.15, 0.2) is 35.4 Å². The van der Waals surface area contributed by atoms with E-state index in [4.69, 9.17) is 5.14 Å². The van der Waals surface area contributed by atoms with E-state index in [1.807, 2.05) is 13.8 Å². The van der Waals surface area contributed by atoms with Crippen molar-refractivity contribution in [3.63, 3.8) is 0 Å². The summed E-state index contributed by atoms with van der Waals surface area (Å²) in [6.07, 6.45) is -4.77. The van der Waals surface area contributed by atoms with Crippen LogP contribution in [0, 0.1) is 13.8 Å². The third-order valence-electron chi connectivity index (χ3n) is 3.76. The minimum absolute atomic E-state index is 0.108. The lowest BCUT2D eigenvalue weighted by Crippen LogP contribution is -2.15. The van der Waals surface area contributed by atoms with E-state index in [9.17, 15) is 21.6 Å². The van der Waals surface area contributed by atoms with Gasteiger partial charge in [-0.2, -0.15) is 17.9 Å². The molecule has 0 atom stereocenters. The van der Waals surface area contributed by atoms with Crippen LogP contribution in [0.1, 0.15) is 17.0 Å². The largest absolute Gasteiger partial charge is 0.453 e. The van der Waals surface area contributed by atoms with Gasteiger partial charge in [-0.15, -0.1) is 15.3 Å². The van der Waals surface area contributed by atoms with Crippen molar-refractivity contribution >= 4 is 10.0 Å². The first-order valence-electron chi connectivity index (χ1n) is 7.45. The summed E-state index contributed by atoms with van der Waals surface area (Å²) in [5, 5.41) is 14.9. The number of aromatic nitrogens is 5. The third-order valence-corrected chi connectivity index (χ3v) is 4.56. The minimum atomic E-state index is -4.77. The summed E-state index contributed by atoms with van der Waals surface area (Å²) < 4.78 is 62.7. The van der Waals surface area contributed by atoms with Crippen LogP contribution in [0.3, 0.4) is 0 Å². The maximum Gasteiger partial charge on any atom is 0.453 e. The molecule has 0 saturated carbocycles. The second kappa shape index (κ2) is 6.39. The van der Waals surface area contributed by atoms with E-state index in [1.54, 1.807) is 18.2 Å². The normalized spacial score (nSPS) is 12.4. The van der Waals surface area contributed by atoms with Crippen LogP contribution in [0.2, 0.25) is 0 Å². The molecular formula is C15H13F3N6O2S. The maximum absolute atomic E-state index is 13.1. The van der Waals surface area contributed by atoms with Crippen LogP contribution >= 0.6 is 0 Å². The van der Waals surface area contributed by atoms with Gasteiger partial charge in [-0.1, -0.05) is 12.1 Å². The predicted octanol–water partition coefficient (Wildman–Crippen LogP) is 2.01.